The molecule has 0 fully saturated rings. The van der Waals surface area contributed by atoms with Crippen LogP contribution in [0, 0.1) is 6.92 Å². The number of nitrogens with one attached hydrogen (secondary N) is 1. The van der Waals surface area contributed by atoms with Gasteiger partial charge in [0, 0.05) is 0 Å². The number of benzene rings is 2. The number of carbonyl (C=O) groups excluding carboxylic acids is 1. The summed E-state index contributed by atoms with van der Waals surface area (Å²) in [7, 11) is 0. The van der Waals surface area contributed by atoms with E-state index in [4.69, 9.17) is 5.11 Å². The van der Waals surface area contributed by atoms with Gasteiger partial charge in [-0.25, -0.2) is 0 Å². The predicted octanol–water partition coefficient (Wildman–Crippen LogP) is 2.65. The van der Waals surface area contributed by atoms with Crippen molar-refractivity contribution in [2.24, 2.45) is 0 Å². The number of aryl methyl sites for hydroxylation is 1. The molecule has 0 radical (unpaired) electrons. The van der Waals surface area contributed by atoms with Crippen molar-refractivity contribution in [1.29, 1.82) is 0 Å². The average molecular weight is 299 g/mol. The van der Waals surface area contributed by atoms with Gasteiger partial charge in [0.05, 0.1) is 18.0 Å². The molecule has 0 spiro atoms. The van der Waals surface area contributed by atoms with Crippen LogP contribution in [0.3, 0.4) is 0 Å². The van der Waals surface area contributed by atoms with Crippen molar-refractivity contribution in [3.05, 3.63) is 65.2 Å². The van der Waals surface area contributed by atoms with Crippen molar-refractivity contribution in [2.75, 3.05) is 0 Å². The van der Waals surface area contributed by atoms with Crippen LogP contribution in [0.5, 0.6) is 5.75 Å². The molecular formula is C17H17NO4. The molecule has 0 bridgehead atoms. The Balaban J connectivity index is 2.25. The van der Waals surface area contributed by atoms with Gasteiger partial charge in [0.1, 0.15) is 5.75 Å². The molecular weight excluding hydrogens is 282 g/mol. The maximum atomic E-state index is 12.3. The van der Waals surface area contributed by atoms with Gasteiger partial charge in [-0.15, -0.1) is 0 Å². The number of carbonyl (C=O) groups is 2. The van der Waals surface area contributed by atoms with Crippen LogP contribution in [0.1, 0.15) is 33.9 Å². The maximum absolute atomic E-state index is 12.3. The smallest absolute Gasteiger partial charge is 0.305 e. The van der Waals surface area contributed by atoms with E-state index in [1.165, 1.54) is 6.07 Å². The third kappa shape index (κ3) is 3.85. The summed E-state index contributed by atoms with van der Waals surface area (Å²) < 4.78 is 0. The molecule has 2 aromatic rings. The fourth-order valence-electron chi connectivity index (χ4n) is 2.18. The number of amides is 1. The van der Waals surface area contributed by atoms with E-state index >= 15 is 0 Å². The second-order valence-electron chi connectivity index (χ2n) is 5.06. The van der Waals surface area contributed by atoms with Gasteiger partial charge in [-0.05, 0) is 24.6 Å². The molecule has 5 heteroatoms. The lowest BCUT2D eigenvalue weighted by Gasteiger charge is -2.18. The van der Waals surface area contributed by atoms with Crippen LogP contribution < -0.4 is 5.32 Å². The summed E-state index contributed by atoms with van der Waals surface area (Å²) >= 11 is 0. The highest BCUT2D eigenvalue weighted by Gasteiger charge is 2.20. The number of aromatic hydroxyl groups is 1. The van der Waals surface area contributed by atoms with Crippen molar-refractivity contribution in [3.8, 4) is 5.75 Å². The standard InChI is InChI=1S/C17H17NO4/c1-11-7-8-15(19)13(9-11)17(22)18-14(10-16(20)21)12-5-3-2-4-6-12/h2-9,14,19H,10H2,1H3,(H,18,22)(H,20,21). The van der Waals surface area contributed by atoms with Gasteiger partial charge in [-0.2, -0.15) is 0 Å². The first-order chi connectivity index (χ1) is 10.5. The van der Waals surface area contributed by atoms with E-state index in [1.54, 1.807) is 36.4 Å². The monoisotopic (exact) mass is 299 g/mol. The summed E-state index contributed by atoms with van der Waals surface area (Å²) in [6, 6.07) is 12.9. The van der Waals surface area contributed by atoms with E-state index in [-0.39, 0.29) is 17.7 Å². The predicted molar refractivity (Wildman–Crippen MR) is 81.7 cm³/mol. The molecule has 3 N–H and O–H groups in total. The van der Waals surface area contributed by atoms with E-state index < -0.39 is 17.9 Å². The summed E-state index contributed by atoms with van der Waals surface area (Å²) in [5, 5.41) is 21.5. The number of hydrogen-bond donors (Lipinski definition) is 3. The van der Waals surface area contributed by atoms with Gasteiger partial charge in [0.25, 0.3) is 5.91 Å². The molecule has 114 valence electrons. The lowest BCUT2D eigenvalue weighted by atomic mass is 10.0. The van der Waals surface area contributed by atoms with Crippen molar-refractivity contribution in [1.82, 2.24) is 5.32 Å². The highest BCUT2D eigenvalue weighted by Crippen LogP contribution is 2.21. The molecule has 2 rings (SSSR count). The summed E-state index contributed by atoms with van der Waals surface area (Å²) in [6.45, 7) is 1.81. The summed E-state index contributed by atoms with van der Waals surface area (Å²) in [6.07, 6.45) is -0.234. The Kier molecular flexibility index (Phi) is 4.78. The second-order valence-corrected chi connectivity index (χ2v) is 5.06. The van der Waals surface area contributed by atoms with E-state index in [2.05, 4.69) is 5.32 Å². The summed E-state index contributed by atoms with van der Waals surface area (Å²) in [5.74, 6) is -1.65. The Morgan fingerprint density at radius 3 is 2.45 bits per heavy atom. The fourth-order valence-corrected chi connectivity index (χ4v) is 2.18. The number of phenols is 1. The largest absolute Gasteiger partial charge is 0.507 e. The zero-order valence-electron chi connectivity index (χ0n) is 12.1. The molecule has 22 heavy (non-hydrogen) atoms. The molecule has 0 saturated carbocycles. The second kappa shape index (κ2) is 6.76. The Hall–Kier alpha value is -2.82. The number of carboxylic acids is 1. The first kappa shape index (κ1) is 15.6. The van der Waals surface area contributed by atoms with Crippen molar-refractivity contribution < 1.29 is 19.8 Å². The molecule has 0 heterocycles. The number of rotatable bonds is 5. The normalized spacial score (nSPS) is 11.7. The quantitative estimate of drug-likeness (QED) is 0.792. The van der Waals surface area contributed by atoms with Crippen LogP contribution in [0.15, 0.2) is 48.5 Å². The van der Waals surface area contributed by atoms with Crippen molar-refractivity contribution in [3.63, 3.8) is 0 Å². The SMILES string of the molecule is Cc1ccc(O)c(C(=O)NC(CC(=O)O)c2ccccc2)c1. The third-order valence-electron chi connectivity index (χ3n) is 3.28. The van der Waals surface area contributed by atoms with Crippen LogP contribution in [0.4, 0.5) is 0 Å². The van der Waals surface area contributed by atoms with Gasteiger partial charge in [-0.1, -0.05) is 42.0 Å². The number of aliphatic carboxylic acids is 1. The molecule has 0 aliphatic carbocycles. The van der Waals surface area contributed by atoms with E-state index in [9.17, 15) is 14.7 Å². The first-order valence-corrected chi connectivity index (χ1v) is 6.84. The van der Waals surface area contributed by atoms with Crippen LogP contribution in [0.25, 0.3) is 0 Å². The number of carboxylic acid groups (broad SMARTS) is 1. The Labute approximate surface area is 128 Å². The van der Waals surface area contributed by atoms with Gasteiger partial charge in [0.2, 0.25) is 0 Å². The zero-order valence-corrected chi connectivity index (χ0v) is 12.1. The lowest BCUT2D eigenvalue weighted by Crippen LogP contribution is -2.30. The van der Waals surface area contributed by atoms with Gasteiger partial charge < -0.3 is 15.5 Å². The molecule has 0 aliphatic heterocycles. The first-order valence-electron chi connectivity index (χ1n) is 6.84. The molecule has 0 saturated heterocycles. The van der Waals surface area contributed by atoms with E-state index in [1.807, 2.05) is 13.0 Å². The van der Waals surface area contributed by atoms with E-state index in [0.29, 0.717) is 5.56 Å². The fraction of sp³-hybridized carbons (Fsp3) is 0.176. The van der Waals surface area contributed by atoms with Gasteiger partial charge in [-0.3, -0.25) is 9.59 Å². The Morgan fingerprint density at radius 2 is 1.82 bits per heavy atom. The Bertz CT molecular complexity index is 682. The molecule has 5 nitrogen and oxygen atoms in total. The minimum Gasteiger partial charge on any atom is -0.507 e. The minimum atomic E-state index is -1.01. The highest BCUT2D eigenvalue weighted by atomic mass is 16.4. The van der Waals surface area contributed by atoms with Crippen molar-refractivity contribution in [2.45, 2.75) is 19.4 Å². The average Bonchev–Trinajstić information content (AvgIpc) is 2.49. The number of phenolic OH excluding ortho intramolecular Hbond substituents is 1. The molecule has 1 unspecified atom stereocenters. The van der Waals surface area contributed by atoms with Crippen LogP contribution in [-0.4, -0.2) is 22.1 Å². The third-order valence-corrected chi connectivity index (χ3v) is 3.28. The topological polar surface area (TPSA) is 86.6 Å². The minimum absolute atomic E-state index is 0.131. The van der Waals surface area contributed by atoms with Crippen LogP contribution in [0.2, 0.25) is 0 Å². The molecule has 0 aromatic heterocycles. The Morgan fingerprint density at radius 1 is 1.14 bits per heavy atom. The van der Waals surface area contributed by atoms with Gasteiger partial charge >= 0.3 is 5.97 Å². The van der Waals surface area contributed by atoms with E-state index in [0.717, 1.165) is 5.56 Å². The summed E-state index contributed by atoms with van der Waals surface area (Å²) in [5.41, 5.74) is 1.66. The lowest BCUT2D eigenvalue weighted by molar-refractivity contribution is -0.137. The van der Waals surface area contributed by atoms with Gasteiger partial charge in [0.15, 0.2) is 0 Å². The zero-order chi connectivity index (χ0) is 16.1. The van der Waals surface area contributed by atoms with Crippen LogP contribution >= 0.6 is 0 Å². The summed E-state index contributed by atoms with van der Waals surface area (Å²) in [4.78, 5) is 23.3. The molecule has 1 amide bonds. The molecule has 2 aromatic carbocycles. The molecule has 0 aliphatic rings. The number of hydrogen-bond acceptors (Lipinski definition) is 3. The highest BCUT2D eigenvalue weighted by molar-refractivity contribution is 5.97. The van der Waals surface area contributed by atoms with Crippen LogP contribution in [-0.2, 0) is 4.79 Å². The molecule has 1 atom stereocenters. The maximum Gasteiger partial charge on any atom is 0.305 e. The van der Waals surface area contributed by atoms with Crippen molar-refractivity contribution >= 4 is 11.9 Å².